The molecule has 0 aromatic rings. The lowest BCUT2D eigenvalue weighted by atomic mass is 10.2. The Morgan fingerprint density at radius 2 is 1.50 bits per heavy atom. The topological polar surface area (TPSA) is 112 Å². The summed E-state index contributed by atoms with van der Waals surface area (Å²) in [5.41, 5.74) is -1.16. The Kier molecular flexibility index (Phi) is 4.54. The minimum atomic E-state index is -3.07. The molecule has 1 atom stereocenters. The van der Waals surface area contributed by atoms with Crippen LogP contribution in [0.4, 0.5) is 0 Å². The Balaban J connectivity index is 4.14. The van der Waals surface area contributed by atoms with Crippen molar-refractivity contribution < 1.29 is 29.3 Å². The lowest BCUT2D eigenvalue weighted by Gasteiger charge is -2.06. The summed E-state index contributed by atoms with van der Waals surface area (Å²) in [7, 11) is -3.07. The summed E-state index contributed by atoms with van der Waals surface area (Å²) in [5.74, 6) is -2.54. The first-order valence-corrected chi connectivity index (χ1v) is 4.53. The molecule has 12 heavy (non-hydrogen) atoms. The van der Waals surface area contributed by atoms with Crippen molar-refractivity contribution in [2.24, 2.45) is 0 Å². The van der Waals surface area contributed by atoms with Crippen molar-refractivity contribution >= 4 is 20.0 Å². The number of carboxylic acid groups (broad SMARTS) is 2. The standard InChI is InChI=1S/C5H9O6P/c6-4(7)1-3(12(10)11)2-5(8)9/h3,12H,1-2H2,(H,6,7)(H,8,9)(H,10,11). The van der Waals surface area contributed by atoms with Gasteiger partial charge in [-0.3, -0.25) is 14.2 Å². The molecule has 0 aromatic heterocycles. The molecule has 70 valence electrons. The van der Waals surface area contributed by atoms with Gasteiger partial charge in [-0.15, -0.1) is 0 Å². The Hall–Kier alpha value is -0.870. The van der Waals surface area contributed by atoms with Crippen LogP contribution in [0.1, 0.15) is 12.8 Å². The molecule has 0 bridgehead atoms. The zero-order chi connectivity index (χ0) is 9.72. The SMILES string of the molecule is O=C(O)CC(CC(=O)O)[PH](=O)O. The van der Waals surface area contributed by atoms with Gasteiger partial charge in [-0.25, -0.2) is 0 Å². The molecule has 0 saturated heterocycles. The van der Waals surface area contributed by atoms with Crippen molar-refractivity contribution in [3.05, 3.63) is 0 Å². The normalized spacial score (nSPS) is 12.8. The predicted octanol–water partition coefficient (Wildman–Crippen LogP) is -0.229. The van der Waals surface area contributed by atoms with Gasteiger partial charge in [-0.05, 0) is 0 Å². The van der Waals surface area contributed by atoms with E-state index in [4.69, 9.17) is 15.1 Å². The fourth-order valence-corrected chi connectivity index (χ4v) is 1.37. The van der Waals surface area contributed by atoms with Crippen molar-refractivity contribution in [3.63, 3.8) is 0 Å². The number of aliphatic carboxylic acids is 2. The van der Waals surface area contributed by atoms with E-state index in [1.807, 2.05) is 0 Å². The van der Waals surface area contributed by atoms with Crippen LogP contribution in [0.15, 0.2) is 0 Å². The molecule has 0 spiro atoms. The molecular formula is C5H9O6P. The maximum absolute atomic E-state index is 10.4. The maximum atomic E-state index is 10.4. The molecular weight excluding hydrogens is 187 g/mol. The molecule has 0 aliphatic carbocycles. The second kappa shape index (κ2) is 4.90. The van der Waals surface area contributed by atoms with E-state index in [2.05, 4.69) is 0 Å². The van der Waals surface area contributed by atoms with Gasteiger partial charge >= 0.3 is 11.9 Å². The monoisotopic (exact) mass is 196 g/mol. The third-order valence-electron chi connectivity index (χ3n) is 1.19. The zero-order valence-corrected chi connectivity index (χ0v) is 7.06. The van der Waals surface area contributed by atoms with Gasteiger partial charge in [-0.1, -0.05) is 0 Å². The van der Waals surface area contributed by atoms with Crippen molar-refractivity contribution in [1.82, 2.24) is 0 Å². The summed E-state index contributed by atoms with van der Waals surface area (Å²) in [4.78, 5) is 28.7. The first-order valence-electron chi connectivity index (χ1n) is 3.10. The molecule has 0 rings (SSSR count). The van der Waals surface area contributed by atoms with Crippen molar-refractivity contribution in [3.8, 4) is 0 Å². The van der Waals surface area contributed by atoms with E-state index in [9.17, 15) is 14.2 Å². The van der Waals surface area contributed by atoms with Gasteiger partial charge in [0.2, 0.25) is 0 Å². The van der Waals surface area contributed by atoms with Crippen LogP contribution in [0.3, 0.4) is 0 Å². The van der Waals surface area contributed by atoms with Crippen LogP contribution >= 0.6 is 8.03 Å². The Labute approximate surface area is 68.7 Å². The molecule has 1 unspecified atom stereocenters. The molecule has 6 nitrogen and oxygen atoms in total. The number of rotatable bonds is 5. The average Bonchev–Trinajstić information content (AvgIpc) is 1.83. The number of hydrogen-bond acceptors (Lipinski definition) is 3. The highest BCUT2D eigenvalue weighted by Gasteiger charge is 2.21. The summed E-state index contributed by atoms with van der Waals surface area (Å²) in [5, 5.41) is 16.4. The van der Waals surface area contributed by atoms with Crippen LogP contribution in [0, 0.1) is 0 Å². The maximum Gasteiger partial charge on any atom is 0.304 e. The minimum Gasteiger partial charge on any atom is -0.481 e. The Bertz CT molecular complexity index is 196. The molecule has 0 fully saturated rings. The third kappa shape index (κ3) is 4.87. The van der Waals surface area contributed by atoms with Crippen LogP contribution in [0.25, 0.3) is 0 Å². The fourth-order valence-electron chi connectivity index (χ4n) is 0.668. The van der Waals surface area contributed by atoms with E-state index < -0.39 is 38.5 Å². The van der Waals surface area contributed by atoms with Gasteiger partial charge in [0.25, 0.3) is 0 Å². The Morgan fingerprint density at radius 1 is 1.17 bits per heavy atom. The predicted molar refractivity (Wildman–Crippen MR) is 39.5 cm³/mol. The fraction of sp³-hybridized carbons (Fsp3) is 0.600. The summed E-state index contributed by atoms with van der Waals surface area (Å²) in [6.45, 7) is 0. The molecule has 0 amide bonds. The molecule has 0 heterocycles. The van der Waals surface area contributed by atoms with Crippen LogP contribution in [0.2, 0.25) is 0 Å². The van der Waals surface area contributed by atoms with E-state index in [1.54, 1.807) is 0 Å². The second-order valence-corrected chi connectivity index (χ2v) is 3.72. The van der Waals surface area contributed by atoms with Gasteiger partial charge in [-0.2, -0.15) is 0 Å². The van der Waals surface area contributed by atoms with Crippen LogP contribution < -0.4 is 0 Å². The highest BCUT2D eigenvalue weighted by atomic mass is 31.1. The molecule has 7 heteroatoms. The van der Waals surface area contributed by atoms with Crippen LogP contribution in [-0.2, 0) is 14.2 Å². The van der Waals surface area contributed by atoms with Gasteiger partial charge in [0.1, 0.15) is 0 Å². The Morgan fingerprint density at radius 3 is 1.67 bits per heavy atom. The van der Waals surface area contributed by atoms with Crippen LogP contribution in [0.5, 0.6) is 0 Å². The highest BCUT2D eigenvalue weighted by molar-refractivity contribution is 7.39. The van der Waals surface area contributed by atoms with E-state index in [-0.39, 0.29) is 0 Å². The summed E-state index contributed by atoms with van der Waals surface area (Å²) >= 11 is 0. The van der Waals surface area contributed by atoms with E-state index in [0.717, 1.165) is 0 Å². The molecule has 0 aliphatic heterocycles. The molecule has 0 radical (unpaired) electrons. The van der Waals surface area contributed by atoms with E-state index in [1.165, 1.54) is 0 Å². The number of hydrogen-bond donors (Lipinski definition) is 3. The zero-order valence-electron chi connectivity index (χ0n) is 6.06. The van der Waals surface area contributed by atoms with E-state index >= 15 is 0 Å². The van der Waals surface area contributed by atoms with Crippen molar-refractivity contribution in [2.45, 2.75) is 18.5 Å². The average molecular weight is 196 g/mol. The van der Waals surface area contributed by atoms with Crippen molar-refractivity contribution in [2.75, 3.05) is 0 Å². The molecule has 3 N–H and O–H groups in total. The minimum absolute atomic E-state index is 0.583. The summed E-state index contributed by atoms with van der Waals surface area (Å²) < 4.78 is 10.4. The number of carboxylic acids is 2. The van der Waals surface area contributed by atoms with Crippen LogP contribution in [-0.4, -0.2) is 32.7 Å². The molecule has 0 saturated carbocycles. The third-order valence-corrected chi connectivity index (χ3v) is 2.30. The summed E-state index contributed by atoms with van der Waals surface area (Å²) in [6, 6.07) is 0. The largest absolute Gasteiger partial charge is 0.481 e. The first kappa shape index (κ1) is 11.1. The highest BCUT2D eigenvalue weighted by Crippen LogP contribution is 2.27. The molecule has 0 aliphatic rings. The quantitative estimate of drug-likeness (QED) is 0.523. The lowest BCUT2D eigenvalue weighted by molar-refractivity contribution is -0.138. The van der Waals surface area contributed by atoms with Gasteiger partial charge < -0.3 is 15.1 Å². The van der Waals surface area contributed by atoms with Gasteiger partial charge in [0, 0.05) is 0 Å². The van der Waals surface area contributed by atoms with Gasteiger partial charge in [0.15, 0.2) is 8.03 Å². The second-order valence-electron chi connectivity index (χ2n) is 2.23. The first-order chi connectivity index (χ1) is 5.43. The lowest BCUT2D eigenvalue weighted by Crippen LogP contribution is -2.14. The van der Waals surface area contributed by atoms with Gasteiger partial charge in [0.05, 0.1) is 18.5 Å². The van der Waals surface area contributed by atoms with Crippen molar-refractivity contribution in [1.29, 1.82) is 0 Å². The summed E-state index contributed by atoms with van der Waals surface area (Å²) in [6.07, 6.45) is -1.17. The number of carbonyl (C=O) groups is 2. The molecule has 0 aromatic carbocycles. The van der Waals surface area contributed by atoms with E-state index in [0.29, 0.717) is 0 Å². The smallest absolute Gasteiger partial charge is 0.304 e.